The Morgan fingerprint density at radius 1 is 0.561 bits per heavy atom. The summed E-state index contributed by atoms with van der Waals surface area (Å²) in [4.78, 5) is 50.6. The molecule has 0 saturated carbocycles. The minimum Gasteiger partial charge on any atom is -0.409 e. The maximum absolute atomic E-state index is 13.1. The van der Waals surface area contributed by atoms with Crippen molar-refractivity contribution in [1.82, 2.24) is 10.1 Å². The lowest BCUT2D eigenvalue weighted by atomic mass is 9.73. The van der Waals surface area contributed by atoms with E-state index in [1.165, 1.54) is 10.1 Å². The van der Waals surface area contributed by atoms with Gasteiger partial charge in [-0.15, -0.1) is 0 Å². The van der Waals surface area contributed by atoms with Crippen molar-refractivity contribution >= 4 is 50.9 Å². The van der Waals surface area contributed by atoms with Crippen LogP contribution in [0, 0.1) is 0 Å². The Morgan fingerprint density at radius 2 is 0.909 bits per heavy atom. The number of carbonyl (C=O) groups excluding carboxylic acids is 3. The molecule has 2 saturated heterocycles. The third-order valence-electron chi connectivity index (χ3n) is 13.2. The van der Waals surface area contributed by atoms with Crippen LogP contribution >= 0.6 is 0 Å². The third-order valence-corrected chi connectivity index (χ3v) is 24.0. The van der Waals surface area contributed by atoms with Gasteiger partial charge in [-0.3, -0.25) is 24.1 Å². The van der Waals surface area contributed by atoms with Crippen LogP contribution in [0.3, 0.4) is 0 Å². The lowest BCUT2D eigenvalue weighted by molar-refractivity contribution is -0.272. The highest BCUT2D eigenvalue weighted by Gasteiger charge is 2.64. The third kappa shape index (κ3) is 12.8. The maximum Gasteiger partial charge on any atom is 0.249 e. The smallest absolute Gasteiger partial charge is 0.249 e. The number of hydrogen-bond acceptors (Lipinski definition) is 9. The van der Waals surface area contributed by atoms with Gasteiger partial charge in [0.2, 0.25) is 11.8 Å². The average molecular weight is 982 g/mol. The lowest BCUT2D eigenvalue weighted by Crippen LogP contribution is -2.74. The van der Waals surface area contributed by atoms with E-state index >= 15 is 0 Å². The molecule has 2 heterocycles. The van der Waals surface area contributed by atoms with Crippen molar-refractivity contribution < 1.29 is 41.8 Å². The van der Waals surface area contributed by atoms with E-state index in [0.717, 1.165) is 16.7 Å². The summed E-state index contributed by atoms with van der Waals surface area (Å²) in [6.07, 6.45) is 5.92. The fourth-order valence-electron chi connectivity index (χ4n) is 7.61. The number of benzene rings is 2. The summed E-state index contributed by atoms with van der Waals surface area (Å²) in [6.45, 7) is 39.5. The van der Waals surface area contributed by atoms with Gasteiger partial charge in [-0.2, -0.15) is 0 Å². The molecular weight excluding hydrogens is 897 g/mol. The molecule has 2 aromatic carbocycles. The molecule has 2 fully saturated rings. The molecule has 0 unspecified atom stereocenters. The number of rotatable bonds is 14. The maximum atomic E-state index is 13.1. The van der Waals surface area contributed by atoms with E-state index in [1.807, 2.05) is 72.8 Å². The first kappa shape index (κ1) is 57.2. The van der Waals surface area contributed by atoms with Gasteiger partial charge in [-0.1, -0.05) is 136 Å². The minimum absolute atomic E-state index is 0. The van der Waals surface area contributed by atoms with Crippen molar-refractivity contribution in [3.63, 3.8) is 0 Å². The predicted molar refractivity (Wildman–Crippen MR) is 277 cm³/mol. The zero-order valence-electron chi connectivity index (χ0n) is 41.5. The van der Waals surface area contributed by atoms with Crippen molar-refractivity contribution in [2.75, 3.05) is 0 Å². The summed E-state index contributed by atoms with van der Waals surface area (Å²) in [5.41, 5.74) is 1.36. The van der Waals surface area contributed by atoms with Gasteiger partial charge in [-0.05, 0) is 104 Å². The van der Waals surface area contributed by atoms with Gasteiger partial charge in [0.1, 0.15) is 42.6 Å². The summed E-state index contributed by atoms with van der Waals surface area (Å²) in [7, 11) is -8.46. The number of hydrogen-bond donors (Lipinski definition) is 0. The topological polar surface area (TPSA) is 113 Å². The van der Waals surface area contributed by atoms with Crippen LogP contribution in [0.5, 0.6) is 0 Å². The van der Waals surface area contributed by atoms with Crippen LogP contribution in [0.15, 0.2) is 97.1 Å². The van der Waals surface area contributed by atoms with Crippen LogP contribution in [0.4, 0.5) is 0 Å². The van der Waals surface area contributed by atoms with Crippen molar-refractivity contribution in [2.24, 2.45) is 0 Å². The van der Waals surface area contributed by atoms with Crippen molar-refractivity contribution in [2.45, 2.75) is 193 Å². The largest absolute Gasteiger partial charge is 0.409 e. The fraction of sp³-hybridized carbons (Fsp3) is 0.588. The Bertz CT molecular complexity index is 1920. The number of hydroxylamine groups is 4. The van der Waals surface area contributed by atoms with E-state index in [9.17, 15) is 14.4 Å². The zero-order chi connectivity index (χ0) is 47.9. The molecule has 0 radical (unpaired) electrons. The second-order valence-corrected chi connectivity index (χ2v) is 41.2. The average Bonchev–Trinajstić information content (AvgIpc) is 3.16. The van der Waals surface area contributed by atoms with Crippen LogP contribution in [0.1, 0.15) is 80.4 Å². The predicted octanol–water partition coefficient (Wildman–Crippen LogP) is 11.9. The second kappa shape index (κ2) is 20.9. The van der Waals surface area contributed by atoms with Gasteiger partial charge in [0.15, 0.2) is 39.1 Å². The van der Waals surface area contributed by atoms with Crippen LogP contribution in [0.25, 0.3) is 0 Å². The van der Waals surface area contributed by atoms with Gasteiger partial charge in [0.05, 0.1) is 18.9 Å². The first-order valence-corrected chi connectivity index (χ1v) is 35.3. The molecule has 6 atom stereocenters. The minimum atomic E-state index is -2.28. The molecule has 2 spiro atoms. The Balaban J connectivity index is 0.000000340. The highest BCUT2D eigenvalue weighted by Crippen LogP contribution is 2.49. The molecule has 66 heavy (non-hydrogen) atoms. The molecule has 2 amide bonds. The van der Waals surface area contributed by atoms with Crippen LogP contribution < -0.4 is 0 Å². The Hall–Kier alpha value is -3.10. The Morgan fingerprint density at radius 3 is 1.26 bits per heavy atom. The summed E-state index contributed by atoms with van der Waals surface area (Å²) in [6, 6.07) is 19.6. The van der Waals surface area contributed by atoms with Crippen molar-refractivity contribution in [1.29, 1.82) is 0 Å². The highest BCUT2D eigenvalue weighted by molar-refractivity contribution is 6.74. The van der Waals surface area contributed by atoms with Crippen molar-refractivity contribution in [3.8, 4) is 0 Å². The Kier molecular flexibility index (Phi) is 18.1. The molecular formula is C51H84N2O9Si4. The molecule has 368 valence electrons. The quantitative estimate of drug-likeness (QED) is 0.135. The fourth-order valence-corrected chi connectivity index (χ4v) is 12.3. The second-order valence-electron chi connectivity index (χ2n) is 22.8. The standard InChI is InChI=1S/C25H39NO4Si2.C24H37NO5Si2.2CH4/c1-19-15-16-25(17-21(27)26(25)28-18-20-13-11-10-12-14-20)23(30-31(5,6)7)22(19)29-32(8,9)24(2,3)4;1-23(2,3)32(7,8)29-21-19(26)14-15-24(22(21)30-31(4,5)6)16-20(27)25(24)28-17-18-12-10-9-11-13-18;;/h10-16,22-23H,1,17-18H2,2-9H3;9-15,21-22H,16-17H2,1-8H3;2*1H4/t22-,23-,25+;21-,22-,24+;;/m11../s1. The molecule has 11 nitrogen and oxygen atoms in total. The van der Waals surface area contributed by atoms with Crippen molar-refractivity contribution in [3.05, 3.63) is 108 Å². The summed E-state index contributed by atoms with van der Waals surface area (Å²) in [5.74, 6) is -0.255. The molecule has 0 N–H and O–H groups in total. The van der Waals surface area contributed by atoms with E-state index in [4.69, 9.17) is 27.4 Å². The molecule has 4 aliphatic rings. The highest BCUT2D eigenvalue weighted by atomic mass is 28.4. The number of amides is 2. The number of carbonyl (C=O) groups is 3. The van der Waals surface area contributed by atoms with Crippen LogP contribution in [0.2, 0.25) is 75.5 Å². The van der Waals surface area contributed by atoms with E-state index in [0.29, 0.717) is 13.0 Å². The van der Waals surface area contributed by atoms with Gasteiger partial charge in [-0.25, -0.2) is 10.1 Å². The molecule has 2 aliphatic carbocycles. The first-order chi connectivity index (χ1) is 29.3. The van der Waals surface area contributed by atoms with Gasteiger partial charge in [0.25, 0.3) is 0 Å². The first-order valence-electron chi connectivity index (χ1n) is 22.6. The van der Waals surface area contributed by atoms with E-state index in [2.05, 4.69) is 114 Å². The molecule has 6 rings (SSSR count). The van der Waals surface area contributed by atoms with E-state index in [1.54, 1.807) is 12.2 Å². The molecule has 2 aromatic rings. The van der Waals surface area contributed by atoms with Gasteiger partial charge >= 0.3 is 0 Å². The van der Waals surface area contributed by atoms with Crippen LogP contribution in [-0.4, -0.2) is 96.5 Å². The molecule has 15 heteroatoms. The number of β-lactam (4-membered cyclic amide) rings is 2. The SMILES string of the molecule is C.C.C=C1C=C[C@]2(CC(=O)N2OCc2ccccc2)[C@H](O[Si](C)(C)C)[C@@H]1O[Si](C)(C)C(C)(C)C.CC(C)(C)[Si](C)(C)O[C@@H]1C(=O)C=C[C@]2(CC(=O)N2OCc2ccccc2)[C@@H]1O[Si](C)(C)C. The van der Waals surface area contributed by atoms with E-state index in [-0.39, 0.29) is 67.8 Å². The van der Waals surface area contributed by atoms with E-state index < -0.39 is 56.6 Å². The molecule has 2 aliphatic heterocycles. The number of ketones is 1. The summed E-state index contributed by atoms with van der Waals surface area (Å²) in [5, 5.41) is 2.92. The van der Waals surface area contributed by atoms with Gasteiger partial charge in [0, 0.05) is 0 Å². The monoisotopic (exact) mass is 981 g/mol. The zero-order valence-corrected chi connectivity index (χ0v) is 45.5. The molecule has 0 bridgehead atoms. The van der Waals surface area contributed by atoms with Crippen LogP contribution in [-0.2, 0) is 55.0 Å². The van der Waals surface area contributed by atoms with Gasteiger partial charge < -0.3 is 17.7 Å². The lowest BCUT2D eigenvalue weighted by Gasteiger charge is -2.57. The normalized spacial score (nSPS) is 25.8. The summed E-state index contributed by atoms with van der Waals surface area (Å²) < 4.78 is 26.9. The Labute approximate surface area is 402 Å². The number of nitrogens with zero attached hydrogens (tertiary/aromatic N) is 2. The summed E-state index contributed by atoms with van der Waals surface area (Å²) >= 11 is 0. The molecule has 0 aromatic heterocycles.